The number of ketones is 1. The number of benzene rings is 1. The third kappa shape index (κ3) is 3.71. The molecule has 0 saturated carbocycles. The Morgan fingerprint density at radius 3 is 2.38 bits per heavy atom. The van der Waals surface area contributed by atoms with Gasteiger partial charge in [-0.1, -0.05) is 6.92 Å². The van der Waals surface area contributed by atoms with E-state index in [2.05, 4.69) is 4.72 Å². The lowest BCUT2D eigenvalue weighted by Gasteiger charge is -2.07. The number of hydrogen-bond donors (Lipinski definition) is 1. The lowest BCUT2D eigenvalue weighted by molar-refractivity contribution is 0.104. The highest BCUT2D eigenvalue weighted by atomic mass is 32.2. The van der Waals surface area contributed by atoms with E-state index in [0.717, 1.165) is 16.9 Å². The van der Waals surface area contributed by atoms with Crippen molar-refractivity contribution >= 4 is 32.8 Å². The first-order valence-corrected chi connectivity index (χ1v) is 9.21. The van der Waals surface area contributed by atoms with Crippen LogP contribution in [-0.2, 0) is 16.4 Å². The van der Waals surface area contributed by atoms with Gasteiger partial charge in [0.25, 0.3) is 0 Å². The standard InChI is InChI=1S/C15H17NO3S2/c1-3-11-9-10-20-15(11)14(17)12-5-7-13(8-6-12)16-21(18,19)4-2/h5-10,16H,3-4H2,1-2H3. The molecule has 21 heavy (non-hydrogen) atoms. The summed E-state index contributed by atoms with van der Waals surface area (Å²) in [4.78, 5) is 13.2. The minimum absolute atomic E-state index is 0.0166. The summed E-state index contributed by atoms with van der Waals surface area (Å²) in [5.74, 6) is -0.00492. The summed E-state index contributed by atoms with van der Waals surface area (Å²) in [6.07, 6.45) is 0.818. The number of rotatable bonds is 6. The molecule has 1 aromatic carbocycles. The number of sulfonamides is 1. The topological polar surface area (TPSA) is 63.2 Å². The van der Waals surface area contributed by atoms with Crippen molar-refractivity contribution in [1.29, 1.82) is 0 Å². The maximum absolute atomic E-state index is 12.4. The van der Waals surface area contributed by atoms with Crippen LogP contribution in [0.5, 0.6) is 0 Å². The van der Waals surface area contributed by atoms with E-state index in [1.807, 2.05) is 18.4 Å². The van der Waals surface area contributed by atoms with E-state index in [0.29, 0.717) is 11.3 Å². The molecule has 4 nitrogen and oxygen atoms in total. The summed E-state index contributed by atoms with van der Waals surface area (Å²) in [5, 5.41) is 1.91. The summed E-state index contributed by atoms with van der Waals surface area (Å²) in [7, 11) is -3.29. The van der Waals surface area contributed by atoms with Crippen molar-refractivity contribution in [3.8, 4) is 0 Å². The summed E-state index contributed by atoms with van der Waals surface area (Å²) in [5.41, 5.74) is 2.07. The molecule has 0 fully saturated rings. The Balaban J connectivity index is 2.21. The number of carbonyl (C=O) groups is 1. The van der Waals surface area contributed by atoms with Gasteiger partial charge in [-0.25, -0.2) is 8.42 Å². The molecule has 0 saturated heterocycles. The predicted molar refractivity (Wildman–Crippen MR) is 86.7 cm³/mol. The second kappa shape index (κ2) is 6.41. The van der Waals surface area contributed by atoms with Gasteiger partial charge in [-0.2, -0.15) is 0 Å². The minimum Gasteiger partial charge on any atom is -0.288 e. The third-order valence-corrected chi connectivity index (χ3v) is 5.40. The van der Waals surface area contributed by atoms with Gasteiger partial charge < -0.3 is 0 Å². The first kappa shape index (κ1) is 15.7. The van der Waals surface area contributed by atoms with Crippen molar-refractivity contribution in [3.05, 3.63) is 51.7 Å². The molecule has 2 aromatic rings. The number of aryl methyl sites for hydroxylation is 1. The third-order valence-electron chi connectivity index (χ3n) is 3.13. The number of thiophene rings is 1. The molecule has 0 aliphatic rings. The Hall–Kier alpha value is -1.66. The van der Waals surface area contributed by atoms with E-state index in [1.54, 1.807) is 31.2 Å². The molecule has 0 unspecified atom stereocenters. The van der Waals surface area contributed by atoms with Crippen LogP contribution < -0.4 is 4.72 Å². The molecule has 0 aliphatic carbocycles. The zero-order valence-electron chi connectivity index (χ0n) is 11.9. The van der Waals surface area contributed by atoms with Crippen LogP contribution >= 0.6 is 11.3 Å². The van der Waals surface area contributed by atoms with Gasteiger partial charge >= 0.3 is 0 Å². The van der Waals surface area contributed by atoms with Crippen LogP contribution in [0.1, 0.15) is 34.6 Å². The SMILES string of the molecule is CCc1ccsc1C(=O)c1ccc(NS(=O)(=O)CC)cc1. The highest BCUT2D eigenvalue weighted by molar-refractivity contribution is 7.92. The number of nitrogens with one attached hydrogen (secondary N) is 1. The molecular weight excluding hydrogens is 306 g/mol. The molecule has 0 spiro atoms. The first-order chi connectivity index (χ1) is 9.96. The summed E-state index contributed by atoms with van der Waals surface area (Å²) < 4.78 is 25.4. The molecule has 0 bridgehead atoms. The second-order valence-corrected chi connectivity index (χ2v) is 7.47. The van der Waals surface area contributed by atoms with Gasteiger partial charge in [0, 0.05) is 11.3 Å². The summed E-state index contributed by atoms with van der Waals surface area (Å²) in [6.45, 7) is 3.59. The maximum atomic E-state index is 12.4. The lowest BCUT2D eigenvalue weighted by atomic mass is 10.1. The highest BCUT2D eigenvalue weighted by Gasteiger charge is 2.14. The molecular formula is C15H17NO3S2. The normalized spacial score (nSPS) is 11.3. The van der Waals surface area contributed by atoms with Crippen LogP contribution in [0.2, 0.25) is 0 Å². The Morgan fingerprint density at radius 1 is 1.14 bits per heavy atom. The maximum Gasteiger partial charge on any atom is 0.232 e. The number of carbonyl (C=O) groups excluding carboxylic acids is 1. The van der Waals surface area contributed by atoms with Crippen LogP contribution in [-0.4, -0.2) is 20.0 Å². The van der Waals surface area contributed by atoms with Gasteiger partial charge in [0.2, 0.25) is 15.8 Å². The van der Waals surface area contributed by atoms with E-state index in [1.165, 1.54) is 11.3 Å². The fourth-order valence-corrected chi connectivity index (χ4v) is 3.48. The van der Waals surface area contributed by atoms with Crippen molar-refractivity contribution in [2.45, 2.75) is 20.3 Å². The van der Waals surface area contributed by atoms with Gasteiger partial charge in [-0.15, -0.1) is 11.3 Å². The van der Waals surface area contributed by atoms with Gasteiger partial charge in [0.1, 0.15) is 0 Å². The van der Waals surface area contributed by atoms with Crippen molar-refractivity contribution < 1.29 is 13.2 Å². The largest absolute Gasteiger partial charge is 0.288 e. The molecule has 0 amide bonds. The molecule has 1 aromatic heterocycles. The number of hydrogen-bond acceptors (Lipinski definition) is 4. The summed E-state index contributed by atoms with van der Waals surface area (Å²) in [6, 6.07) is 8.48. The van der Waals surface area contributed by atoms with Crippen molar-refractivity contribution in [1.82, 2.24) is 0 Å². The second-order valence-electron chi connectivity index (χ2n) is 4.54. The zero-order chi connectivity index (χ0) is 15.5. The molecule has 0 radical (unpaired) electrons. The minimum atomic E-state index is -3.29. The zero-order valence-corrected chi connectivity index (χ0v) is 13.6. The monoisotopic (exact) mass is 323 g/mol. The highest BCUT2D eigenvalue weighted by Crippen LogP contribution is 2.22. The predicted octanol–water partition coefficient (Wildman–Crippen LogP) is 3.30. The van der Waals surface area contributed by atoms with E-state index in [9.17, 15) is 13.2 Å². The van der Waals surface area contributed by atoms with Crippen LogP contribution in [0.15, 0.2) is 35.7 Å². The van der Waals surface area contributed by atoms with E-state index in [-0.39, 0.29) is 11.5 Å². The smallest absolute Gasteiger partial charge is 0.232 e. The molecule has 0 aliphatic heterocycles. The van der Waals surface area contributed by atoms with Crippen LogP contribution in [0.4, 0.5) is 5.69 Å². The Morgan fingerprint density at radius 2 is 1.81 bits per heavy atom. The van der Waals surface area contributed by atoms with Gasteiger partial charge in [0.15, 0.2) is 0 Å². The Kier molecular flexibility index (Phi) is 4.80. The van der Waals surface area contributed by atoms with E-state index in [4.69, 9.17) is 0 Å². The van der Waals surface area contributed by atoms with Gasteiger partial charge in [-0.05, 0) is 54.6 Å². The Labute approximate surface area is 128 Å². The molecule has 0 atom stereocenters. The van der Waals surface area contributed by atoms with Crippen LogP contribution in [0.3, 0.4) is 0 Å². The molecule has 2 rings (SSSR count). The first-order valence-electron chi connectivity index (χ1n) is 6.68. The molecule has 1 heterocycles. The average Bonchev–Trinajstić information content (AvgIpc) is 2.95. The van der Waals surface area contributed by atoms with Crippen LogP contribution in [0, 0.1) is 0 Å². The average molecular weight is 323 g/mol. The fourth-order valence-electron chi connectivity index (χ4n) is 1.89. The van der Waals surface area contributed by atoms with Gasteiger partial charge in [-0.3, -0.25) is 9.52 Å². The van der Waals surface area contributed by atoms with Crippen LogP contribution in [0.25, 0.3) is 0 Å². The van der Waals surface area contributed by atoms with E-state index >= 15 is 0 Å². The van der Waals surface area contributed by atoms with E-state index < -0.39 is 10.0 Å². The summed E-state index contributed by atoms with van der Waals surface area (Å²) >= 11 is 1.43. The Bertz CT molecular complexity index is 731. The quantitative estimate of drug-likeness (QED) is 0.830. The van der Waals surface area contributed by atoms with Gasteiger partial charge in [0.05, 0.1) is 10.6 Å². The molecule has 112 valence electrons. The fraction of sp³-hybridized carbons (Fsp3) is 0.267. The van der Waals surface area contributed by atoms with Crippen molar-refractivity contribution in [2.75, 3.05) is 10.5 Å². The molecule has 1 N–H and O–H groups in total. The van der Waals surface area contributed by atoms with Crippen molar-refractivity contribution in [3.63, 3.8) is 0 Å². The molecule has 6 heteroatoms. The lowest BCUT2D eigenvalue weighted by Crippen LogP contribution is -2.14. The van der Waals surface area contributed by atoms with Crippen molar-refractivity contribution in [2.24, 2.45) is 0 Å². The number of anilines is 1.